The van der Waals surface area contributed by atoms with Crippen LogP contribution in [0.2, 0.25) is 0 Å². The minimum absolute atomic E-state index is 0.570. The Balaban J connectivity index is 2.91. The van der Waals surface area contributed by atoms with Gasteiger partial charge in [0.1, 0.15) is 0 Å². The number of hydrogen-bond acceptors (Lipinski definition) is 6. The molecule has 0 aliphatic rings. The van der Waals surface area contributed by atoms with Crippen molar-refractivity contribution >= 4 is 0 Å². The summed E-state index contributed by atoms with van der Waals surface area (Å²) in [5.74, 6) is 0. The van der Waals surface area contributed by atoms with Crippen LogP contribution in [0.4, 0.5) is 0 Å². The first-order chi connectivity index (χ1) is 8.91. The van der Waals surface area contributed by atoms with Crippen molar-refractivity contribution in [3.8, 4) is 12.1 Å². The van der Waals surface area contributed by atoms with E-state index < -0.39 is 0 Å². The van der Waals surface area contributed by atoms with E-state index in [1.54, 1.807) is 0 Å². The van der Waals surface area contributed by atoms with E-state index in [1.807, 2.05) is 0 Å². The molecule has 0 aromatic rings. The van der Waals surface area contributed by atoms with Crippen molar-refractivity contribution in [2.75, 3.05) is 52.4 Å². The highest BCUT2D eigenvalue weighted by molar-refractivity contribution is 4.70. The fourth-order valence-corrected chi connectivity index (χ4v) is 1.32. The van der Waals surface area contributed by atoms with Crippen molar-refractivity contribution in [1.82, 2.24) is 21.3 Å². The Hall–Kier alpha value is -1.18. The molecule has 0 atom stereocenters. The number of nitrogens with one attached hydrogen (secondary N) is 4. The molecule has 0 rings (SSSR count). The number of nitrogens with zero attached hydrogens (tertiary/aromatic N) is 2. The second-order valence-corrected chi connectivity index (χ2v) is 3.82. The topological polar surface area (TPSA) is 95.7 Å². The van der Waals surface area contributed by atoms with Gasteiger partial charge >= 0.3 is 0 Å². The molecule has 0 radical (unpaired) electrons. The molecule has 0 saturated carbocycles. The maximum absolute atomic E-state index is 8.32. The normalized spacial score (nSPS) is 9.89. The van der Waals surface area contributed by atoms with Crippen molar-refractivity contribution < 1.29 is 0 Å². The molecule has 6 nitrogen and oxygen atoms in total. The van der Waals surface area contributed by atoms with E-state index in [9.17, 15) is 0 Å². The van der Waals surface area contributed by atoms with Crippen LogP contribution in [-0.4, -0.2) is 52.4 Å². The second-order valence-electron chi connectivity index (χ2n) is 3.82. The summed E-state index contributed by atoms with van der Waals surface area (Å²) >= 11 is 0. The van der Waals surface area contributed by atoms with Crippen molar-refractivity contribution in [3.63, 3.8) is 0 Å². The van der Waals surface area contributed by atoms with Crippen LogP contribution in [0.1, 0.15) is 12.8 Å². The lowest BCUT2D eigenvalue weighted by molar-refractivity contribution is 0.569. The molecule has 0 unspecified atom stereocenters. The van der Waals surface area contributed by atoms with Crippen LogP contribution in [0.3, 0.4) is 0 Å². The van der Waals surface area contributed by atoms with Gasteiger partial charge in [-0.3, -0.25) is 0 Å². The van der Waals surface area contributed by atoms with Crippen molar-refractivity contribution in [2.45, 2.75) is 12.8 Å². The quantitative estimate of drug-likeness (QED) is 0.320. The summed E-state index contributed by atoms with van der Waals surface area (Å²) in [6, 6.07) is 4.19. The van der Waals surface area contributed by atoms with Crippen molar-refractivity contribution in [1.29, 1.82) is 10.5 Å². The monoisotopic (exact) mass is 252 g/mol. The lowest BCUT2D eigenvalue weighted by atomic mass is 10.4. The van der Waals surface area contributed by atoms with Crippen LogP contribution in [-0.2, 0) is 0 Å². The van der Waals surface area contributed by atoms with E-state index >= 15 is 0 Å². The van der Waals surface area contributed by atoms with E-state index in [4.69, 9.17) is 10.5 Å². The van der Waals surface area contributed by atoms with Gasteiger partial charge in [-0.25, -0.2) is 0 Å². The molecular formula is C12H24N6. The molecule has 0 aliphatic carbocycles. The van der Waals surface area contributed by atoms with E-state index in [2.05, 4.69) is 33.4 Å². The summed E-state index contributed by atoms with van der Waals surface area (Å²) in [6.07, 6.45) is 1.14. The maximum atomic E-state index is 8.32. The predicted octanol–water partition coefficient (Wildman–Crippen LogP) is -0.828. The Bertz CT molecular complexity index is 216. The minimum Gasteiger partial charge on any atom is -0.314 e. The van der Waals surface area contributed by atoms with Crippen molar-refractivity contribution in [3.05, 3.63) is 0 Å². The molecule has 18 heavy (non-hydrogen) atoms. The molecule has 0 aliphatic heterocycles. The Kier molecular flexibility index (Phi) is 14.8. The zero-order valence-corrected chi connectivity index (χ0v) is 11.0. The number of rotatable bonds is 13. The third-order valence-electron chi connectivity index (χ3n) is 2.26. The summed E-state index contributed by atoms with van der Waals surface area (Å²) < 4.78 is 0. The van der Waals surface area contributed by atoms with E-state index in [-0.39, 0.29) is 0 Å². The largest absolute Gasteiger partial charge is 0.314 e. The molecule has 0 fully saturated rings. The molecule has 0 saturated heterocycles. The smallest absolute Gasteiger partial charge is 0.0635 e. The maximum Gasteiger partial charge on any atom is 0.0635 e. The zero-order chi connectivity index (χ0) is 13.3. The van der Waals surface area contributed by atoms with Crippen LogP contribution in [0.25, 0.3) is 0 Å². The third-order valence-corrected chi connectivity index (χ3v) is 2.26. The Morgan fingerprint density at radius 3 is 1.06 bits per heavy atom. The van der Waals surface area contributed by atoms with Crippen LogP contribution in [0.5, 0.6) is 0 Å². The first-order valence-corrected chi connectivity index (χ1v) is 6.48. The van der Waals surface area contributed by atoms with Gasteiger partial charge in [-0.15, -0.1) is 0 Å². The van der Waals surface area contributed by atoms with Gasteiger partial charge in [-0.05, 0) is 0 Å². The van der Waals surface area contributed by atoms with Gasteiger partial charge in [-0.2, -0.15) is 10.5 Å². The van der Waals surface area contributed by atoms with Gasteiger partial charge in [-0.1, -0.05) is 0 Å². The summed E-state index contributed by atoms with van der Waals surface area (Å²) in [5, 5.41) is 29.6. The van der Waals surface area contributed by atoms with Gasteiger partial charge in [0.05, 0.1) is 12.1 Å². The van der Waals surface area contributed by atoms with E-state index in [0.717, 1.165) is 52.4 Å². The summed E-state index contributed by atoms with van der Waals surface area (Å²) in [6.45, 7) is 7.07. The summed E-state index contributed by atoms with van der Waals surface area (Å²) in [5.41, 5.74) is 0. The molecule has 4 N–H and O–H groups in total. The Morgan fingerprint density at radius 1 is 0.500 bits per heavy atom. The Morgan fingerprint density at radius 2 is 0.778 bits per heavy atom. The SMILES string of the molecule is N#CCCNCCNCCNCCNCCC#N. The molecule has 0 spiro atoms. The first kappa shape index (κ1) is 16.8. The van der Waals surface area contributed by atoms with Gasteiger partial charge < -0.3 is 21.3 Å². The molecule has 0 amide bonds. The van der Waals surface area contributed by atoms with E-state index in [1.165, 1.54) is 0 Å². The lowest BCUT2D eigenvalue weighted by Crippen LogP contribution is -2.35. The predicted molar refractivity (Wildman–Crippen MR) is 71.9 cm³/mol. The summed E-state index contributed by atoms with van der Waals surface area (Å²) in [4.78, 5) is 0. The highest BCUT2D eigenvalue weighted by atomic mass is 15.0. The fourth-order valence-electron chi connectivity index (χ4n) is 1.32. The molecule has 102 valence electrons. The standard InChI is InChI=1S/C12H24N6/c13-3-1-5-15-7-9-17-11-12-18-10-8-16-6-2-4-14/h15-18H,1-2,5-12H2. The van der Waals surface area contributed by atoms with Crippen LogP contribution < -0.4 is 21.3 Å². The van der Waals surface area contributed by atoms with Crippen LogP contribution >= 0.6 is 0 Å². The second kappa shape index (κ2) is 15.8. The lowest BCUT2D eigenvalue weighted by Gasteiger charge is -2.07. The average Bonchev–Trinajstić information content (AvgIpc) is 2.39. The third kappa shape index (κ3) is 14.8. The highest BCUT2D eigenvalue weighted by Crippen LogP contribution is 1.70. The Labute approximate surface area is 110 Å². The van der Waals surface area contributed by atoms with Gasteiger partial charge in [0, 0.05) is 65.2 Å². The molecule has 0 heterocycles. The van der Waals surface area contributed by atoms with E-state index in [0.29, 0.717) is 12.8 Å². The van der Waals surface area contributed by atoms with Gasteiger partial charge in [0.2, 0.25) is 0 Å². The average molecular weight is 252 g/mol. The molecule has 6 heteroatoms. The zero-order valence-electron chi connectivity index (χ0n) is 11.0. The van der Waals surface area contributed by atoms with Gasteiger partial charge in [0.15, 0.2) is 0 Å². The summed E-state index contributed by atoms with van der Waals surface area (Å²) in [7, 11) is 0. The number of hydrogen-bond donors (Lipinski definition) is 4. The fraction of sp³-hybridized carbons (Fsp3) is 0.833. The van der Waals surface area contributed by atoms with Crippen LogP contribution in [0.15, 0.2) is 0 Å². The minimum atomic E-state index is 0.570. The first-order valence-electron chi connectivity index (χ1n) is 6.48. The number of nitriles is 2. The van der Waals surface area contributed by atoms with Crippen molar-refractivity contribution in [2.24, 2.45) is 0 Å². The molecule has 0 aromatic heterocycles. The highest BCUT2D eigenvalue weighted by Gasteiger charge is 1.90. The molecule has 0 aromatic carbocycles. The molecule has 0 bridgehead atoms. The van der Waals surface area contributed by atoms with Crippen LogP contribution in [0, 0.1) is 22.7 Å². The molecular weight excluding hydrogens is 228 g/mol. The van der Waals surface area contributed by atoms with Gasteiger partial charge in [0.25, 0.3) is 0 Å².